The van der Waals surface area contributed by atoms with Gasteiger partial charge in [-0.25, -0.2) is 9.97 Å². The number of anilines is 1. The van der Waals surface area contributed by atoms with Crippen LogP contribution in [-0.2, 0) is 6.18 Å². The molecule has 14 heavy (non-hydrogen) atoms. The average molecular weight is 205 g/mol. The normalized spacial score (nSPS) is 11.9. The fraction of sp³-hybridized carbons (Fsp3) is 0.500. The molecule has 0 radical (unpaired) electrons. The molecule has 0 spiro atoms. The number of halogens is 3. The number of nitrogens with zero attached hydrogens (tertiary/aromatic N) is 2. The van der Waals surface area contributed by atoms with Gasteiger partial charge in [-0.05, 0) is 13.8 Å². The van der Waals surface area contributed by atoms with Crippen molar-refractivity contribution in [2.24, 2.45) is 0 Å². The van der Waals surface area contributed by atoms with Gasteiger partial charge in [0.1, 0.15) is 17.8 Å². The average Bonchev–Trinajstić information content (AvgIpc) is 2.01. The number of nitrogens with one attached hydrogen (secondary N) is 1. The molecule has 0 atom stereocenters. The standard InChI is InChI=1S/C8H10F3N3/c1-5(2)14-7-3-6(8(9,10)11)12-4-13-7/h3-5H,1-2H3,(H,12,13,14). The van der Waals surface area contributed by atoms with Crippen molar-refractivity contribution in [3.63, 3.8) is 0 Å². The van der Waals surface area contributed by atoms with Gasteiger partial charge in [-0.2, -0.15) is 13.2 Å². The van der Waals surface area contributed by atoms with E-state index < -0.39 is 11.9 Å². The maximum atomic E-state index is 12.2. The SMILES string of the molecule is CC(C)Nc1cc(C(F)(F)F)ncn1. The molecular formula is C8H10F3N3. The molecule has 78 valence electrons. The Hall–Kier alpha value is -1.33. The molecule has 0 fully saturated rings. The zero-order chi connectivity index (χ0) is 10.8. The van der Waals surface area contributed by atoms with Crippen LogP contribution in [0.15, 0.2) is 12.4 Å². The predicted molar refractivity (Wildman–Crippen MR) is 45.8 cm³/mol. The molecule has 1 rings (SSSR count). The zero-order valence-electron chi connectivity index (χ0n) is 7.76. The van der Waals surface area contributed by atoms with Gasteiger partial charge in [-0.3, -0.25) is 0 Å². The fourth-order valence-corrected chi connectivity index (χ4v) is 0.887. The van der Waals surface area contributed by atoms with Crippen LogP contribution in [0.4, 0.5) is 19.0 Å². The van der Waals surface area contributed by atoms with Crippen molar-refractivity contribution < 1.29 is 13.2 Å². The first-order chi connectivity index (χ1) is 6.39. The van der Waals surface area contributed by atoms with Crippen molar-refractivity contribution in [3.05, 3.63) is 18.1 Å². The predicted octanol–water partition coefficient (Wildman–Crippen LogP) is 2.32. The van der Waals surface area contributed by atoms with Gasteiger partial charge in [0.15, 0.2) is 0 Å². The lowest BCUT2D eigenvalue weighted by molar-refractivity contribution is -0.141. The van der Waals surface area contributed by atoms with Gasteiger partial charge in [0.2, 0.25) is 0 Å². The van der Waals surface area contributed by atoms with Crippen molar-refractivity contribution in [2.45, 2.75) is 26.1 Å². The highest BCUT2D eigenvalue weighted by molar-refractivity contribution is 5.36. The van der Waals surface area contributed by atoms with E-state index in [-0.39, 0.29) is 11.9 Å². The van der Waals surface area contributed by atoms with E-state index in [0.717, 1.165) is 12.4 Å². The van der Waals surface area contributed by atoms with E-state index in [2.05, 4.69) is 15.3 Å². The summed E-state index contributed by atoms with van der Waals surface area (Å²) < 4.78 is 36.6. The Bertz CT molecular complexity index is 309. The topological polar surface area (TPSA) is 37.8 Å². The van der Waals surface area contributed by atoms with Crippen molar-refractivity contribution in [1.29, 1.82) is 0 Å². The molecular weight excluding hydrogens is 195 g/mol. The van der Waals surface area contributed by atoms with Crippen LogP contribution in [0.1, 0.15) is 19.5 Å². The fourth-order valence-electron chi connectivity index (χ4n) is 0.887. The molecule has 0 saturated carbocycles. The Balaban J connectivity index is 2.90. The summed E-state index contributed by atoms with van der Waals surface area (Å²) >= 11 is 0. The lowest BCUT2D eigenvalue weighted by atomic mass is 10.3. The minimum Gasteiger partial charge on any atom is -0.368 e. The Morgan fingerprint density at radius 1 is 1.29 bits per heavy atom. The van der Waals surface area contributed by atoms with Crippen LogP contribution >= 0.6 is 0 Å². The molecule has 6 heteroatoms. The summed E-state index contributed by atoms with van der Waals surface area (Å²) in [5.41, 5.74) is -0.935. The molecule has 1 aromatic heterocycles. The van der Waals surface area contributed by atoms with Gasteiger partial charge in [0.25, 0.3) is 0 Å². The van der Waals surface area contributed by atoms with Crippen molar-refractivity contribution in [2.75, 3.05) is 5.32 Å². The second-order valence-corrected chi connectivity index (χ2v) is 3.09. The first kappa shape index (κ1) is 10.7. The van der Waals surface area contributed by atoms with Crippen LogP contribution in [-0.4, -0.2) is 16.0 Å². The van der Waals surface area contributed by atoms with Gasteiger partial charge in [0, 0.05) is 12.1 Å². The molecule has 1 N–H and O–H groups in total. The number of alkyl halides is 3. The van der Waals surface area contributed by atoms with Gasteiger partial charge in [0.05, 0.1) is 0 Å². The van der Waals surface area contributed by atoms with Crippen molar-refractivity contribution >= 4 is 5.82 Å². The monoisotopic (exact) mass is 205 g/mol. The van der Waals surface area contributed by atoms with Gasteiger partial charge >= 0.3 is 6.18 Å². The molecule has 0 saturated heterocycles. The summed E-state index contributed by atoms with van der Waals surface area (Å²) in [6.45, 7) is 3.63. The third-order valence-electron chi connectivity index (χ3n) is 1.39. The molecule has 0 bridgehead atoms. The Morgan fingerprint density at radius 2 is 1.93 bits per heavy atom. The minimum atomic E-state index is -4.42. The van der Waals surface area contributed by atoms with Crippen LogP contribution in [0.5, 0.6) is 0 Å². The molecule has 1 aromatic rings. The summed E-state index contributed by atoms with van der Waals surface area (Å²) in [5.74, 6) is 0.183. The van der Waals surface area contributed by atoms with E-state index in [0.29, 0.717) is 0 Å². The summed E-state index contributed by atoms with van der Waals surface area (Å²) in [5, 5.41) is 2.77. The van der Waals surface area contributed by atoms with Gasteiger partial charge in [-0.1, -0.05) is 0 Å². The molecule has 0 amide bonds. The van der Waals surface area contributed by atoms with E-state index in [1.54, 1.807) is 0 Å². The largest absolute Gasteiger partial charge is 0.433 e. The summed E-state index contributed by atoms with van der Waals surface area (Å²) in [4.78, 5) is 6.81. The quantitative estimate of drug-likeness (QED) is 0.805. The molecule has 1 heterocycles. The maximum Gasteiger partial charge on any atom is 0.433 e. The highest BCUT2D eigenvalue weighted by atomic mass is 19.4. The second kappa shape index (κ2) is 3.81. The van der Waals surface area contributed by atoms with Crippen molar-refractivity contribution in [1.82, 2.24) is 9.97 Å². The first-order valence-electron chi connectivity index (χ1n) is 4.05. The smallest absolute Gasteiger partial charge is 0.368 e. The highest BCUT2D eigenvalue weighted by Gasteiger charge is 2.32. The van der Waals surface area contributed by atoms with E-state index in [9.17, 15) is 13.2 Å². The van der Waals surface area contributed by atoms with Crippen molar-refractivity contribution in [3.8, 4) is 0 Å². The Labute approximate surface area is 79.4 Å². The zero-order valence-corrected chi connectivity index (χ0v) is 7.76. The lowest BCUT2D eigenvalue weighted by Gasteiger charge is -2.10. The van der Waals surface area contributed by atoms with E-state index in [4.69, 9.17) is 0 Å². The number of aromatic nitrogens is 2. The van der Waals surface area contributed by atoms with Crippen LogP contribution < -0.4 is 5.32 Å². The van der Waals surface area contributed by atoms with E-state index >= 15 is 0 Å². The third kappa shape index (κ3) is 2.86. The van der Waals surface area contributed by atoms with Crippen LogP contribution in [0.2, 0.25) is 0 Å². The van der Waals surface area contributed by atoms with E-state index in [1.165, 1.54) is 0 Å². The van der Waals surface area contributed by atoms with Gasteiger partial charge in [-0.15, -0.1) is 0 Å². The molecule has 0 aliphatic carbocycles. The minimum absolute atomic E-state index is 0.0333. The first-order valence-corrected chi connectivity index (χ1v) is 4.05. The number of hydrogen-bond donors (Lipinski definition) is 1. The maximum absolute atomic E-state index is 12.2. The van der Waals surface area contributed by atoms with Gasteiger partial charge < -0.3 is 5.32 Å². The van der Waals surface area contributed by atoms with E-state index in [1.807, 2.05) is 13.8 Å². The third-order valence-corrected chi connectivity index (χ3v) is 1.39. The second-order valence-electron chi connectivity index (χ2n) is 3.09. The van der Waals surface area contributed by atoms with Crippen LogP contribution in [0.3, 0.4) is 0 Å². The van der Waals surface area contributed by atoms with Crippen LogP contribution in [0, 0.1) is 0 Å². The van der Waals surface area contributed by atoms with Crippen LogP contribution in [0.25, 0.3) is 0 Å². The number of hydrogen-bond acceptors (Lipinski definition) is 3. The Kier molecular flexibility index (Phi) is 2.93. The summed E-state index contributed by atoms with van der Waals surface area (Å²) in [6, 6.07) is 0.922. The summed E-state index contributed by atoms with van der Waals surface area (Å²) in [6.07, 6.45) is -3.52. The highest BCUT2D eigenvalue weighted by Crippen LogP contribution is 2.28. The molecule has 0 aliphatic heterocycles. The summed E-state index contributed by atoms with van der Waals surface area (Å²) in [7, 11) is 0. The molecule has 3 nitrogen and oxygen atoms in total. The molecule has 0 aromatic carbocycles. The Morgan fingerprint density at radius 3 is 2.43 bits per heavy atom. The molecule has 0 aliphatic rings. The molecule has 0 unspecified atom stereocenters. The number of rotatable bonds is 2. The lowest BCUT2D eigenvalue weighted by Crippen LogP contribution is -2.14.